The van der Waals surface area contributed by atoms with Gasteiger partial charge in [-0.05, 0) is 36.1 Å². The average Bonchev–Trinajstić information content (AvgIpc) is 3.30. The van der Waals surface area contributed by atoms with Crippen LogP contribution in [-0.2, 0) is 14.3 Å². The third kappa shape index (κ3) is 4.71. The van der Waals surface area contributed by atoms with E-state index in [1.807, 2.05) is 36.4 Å². The smallest absolute Gasteiger partial charge is 0.407 e. The minimum Gasteiger partial charge on any atom is -0.480 e. The molecule has 0 unspecified atom stereocenters. The highest BCUT2D eigenvalue weighted by Crippen LogP contribution is 2.44. The molecular formula is C25H28N2O6. The number of benzene rings is 2. The summed E-state index contributed by atoms with van der Waals surface area (Å²) in [5.41, 5.74) is 3.51. The molecule has 4 rings (SSSR count). The number of hydrogen-bond donors (Lipinski definition) is 3. The molecule has 2 aliphatic rings. The van der Waals surface area contributed by atoms with E-state index >= 15 is 0 Å². The van der Waals surface area contributed by atoms with E-state index < -0.39 is 35.7 Å². The van der Waals surface area contributed by atoms with Crippen LogP contribution < -0.4 is 5.32 Å². The van der Waals surface area contributed by atoms with Crippen molar-refractivity contribution in [2.45, 2.75) is 50.3 Å². The van der Waals surface area contributed by atoms with Crippen LogP contribution in [0.4, 0.5) is 4.79 Å². The van der Waals surface area contributed by atoms with Crippen molar-refractivity contribution in [3.8, 4) is 11.1 Å². The highest BCUT2D eigenvalue weighted by atomic mass is 16.5. The Kier molecular flexibility index (Phi) is 6.12. The van der Waals surface area contributed by atoms with E-state index in [4.69, 9.17) is 4.74 Å². The summed E-state index contributed by atoms with van der Waals surface area (Å²) in [6, 6.07) is 15.0. The molecule has 1 heterocycles. The quantitative estimate of drug-likeness (QED) is 0.621. The summed E-state index contributed by atoms with van der Waals surface area (Å²) in [6.45, 7) is 3.48. The van der Waals surface area contributed by atoms with Crippen molar-refractivity contribution >= 4 is 18.0 Å². The Morgan fingerprint density at radius 2 is 1.64 bits per heavy atom. The molecule has 0 saturated carbocycles. The largest absolute Gasteiger partial charge is 0.480 e. The van der Waals surface area contributed by atoms with Gasteiger partial charge < -0.3 is 25.2 Å². The number of carbonyl (C=O) groups excluding carboxylic acids is 2. The van der Waals surface area contributed by atoms with E-state index in [1.165, 1.54) is 0 Å². The summed E-state index contributed by atoms with van der Waals surface area (Å²) >= 11 is 0. The zero-order chi connectivity index (χ0) is 23.8. The molecule has 2 atom stereocenters. The van der Waals surface area contributed by atoms with Crippen LogP contribution >= 0.6 is 0 Å². The number of ether oxygens (including phenoxy) is 1. The number of carboxylic acid groups (broad SMARTS) is 1. The van der Waals surface area contributed by atoms with Crippen molar-refractivity contribution in [1.82, 2.24) is 10.2 Å². The fourth-order valence-electron chi connectivity index (χ4n) is 4.76. The molecule has 1 fully saturated rings. The van der Waals surface area contributed by atoms with Gasteiger partial charge in [-0.15, -0.1) is 0 Å². The van der Waals surface area contributed by atoms with Gasteiger partial charge in [0.15, 0.2) is 0 Å². The molecule has 8 nitrogen and oxygen atoms in total. The zero-order valence-corrected chi connectivity index (χ0v) is 18.7. The number of aliphatic hydroxyl groups excluding tert-OH is 1. The third-order valence-corrected chi connectivity index (χ3v) is 6.26. The molecule has 0 spiro atoms. The van der Waals surface area contributed by atoms with Gasteiger partial charge in [0, 0.05) is 30.8 Å². The summed E-state index contributed by atoms with van der Waals surface area (Å²) < 4.78 is 5.55. The second-order valence-corrected chi connectivity index (χ2v) is 9.30. The van der Waals surface area contributed by atoms with Gasteiger partial charge in [0.1, 0.15) is 12.6 Å². The number of nitrogens with zero attached hydrogens (tertiary/aromatic N) is 1. The molecule has 1 saturated heterocycles. The number of hydrogen-bond acceptors (Lipinski definition) is 5. The van der Waals surface area contributed by atoms with Crippen LogP contribution in [0.3, 0.4) is 0 Å². The SMILES string of the molecule is CC(C)(CC(=O)N1C[C@H](O)C[C@@H]1C(=O)O)NC(=O)OCC1c2ccccc2-c2ccccc21. The summed E-state index contributed by atoms with van der Waals surface area (Å²) in [7, 11) is 0. The first kappa shape index (κ1) is 22.8. The molecule has 0 radical (unpaired) electrons. The lowest BCUT2D eigenvalue weighted by atomic mass is 9.98. The highest BCUT2D eigenvalue weighted by molar-refractivity contribution is 5.85. The third-order valence-electron chi connectivity index (χ3n) is 6.26. The van der Waals surface area contributed by atoms with Crippen LogP contribution in [0.1, 0.15) is 43.7 Å². The number of β-amino-alcohol motifs (C(OH)–C–C–N with tert-alkyl or cyclic N) is 1. The number of nitrogens with one attached hydrogen (secondary N) is 1. The average molecular weight is 453 g/mol. The van der Waals surface area contributed by atoms with Gasteiger partial charge in [-0.3, -0.25) is 4.79 Å². The minimum absolute atomic E-state index is 0.00130. The molecule has 1 aliphatic carbocycles. The first-order valence-corrected chi connectivity index (χ1v) is 11.0. The van der Waals surface area contributed by atoms with E-state index in [1.54, 1.807) is 13.8 Å². The first-order valence-electron chi connectivity index (χ1n) is 11.0. The number of fused-ring (bicyclic) bond motifs is 3. The standard InChI is InChI=1S/C25H28N2O6/c1-25(2,12-22(29)27-13-15(28)11-21(27)23(30)31)26-24(32)33-14-20-18-9-5-3-7-16(18)17-8-4-6-10-19(17)20/h3-10,15,20-21,28H,11-14H2,1-2H3,(H,26,32)(H,30,31)/t15-,21-/m1/s1. The molecule has 33 heavy (non-hydrogen) atoms. The maximum absolute atomic E-state index is 12.7. The second-order valence-electron chi connectivity index (χ2n) is 9.30. The van der Waals surface area contributed by atoms with Gasteiger partial charge in [-0.1, -0.05) is 48.5 Å². The number of amides is 2. The molecular weight excluding hydrogens is 424 g/mol. The van der Waals surface area contributed by atoms with Crippen LogP contribution in [0, 0.1) is 0 Å². The number of likely N-dealkylation sites (tertiary alicyclic amines) is 1. The van der Waals surface area contributed by atoms with E-state index in [0.29, 0.717) is 0 Å². The Morgan fingerprint density at radius 1 is 1.06 bits per heavy atom. The lowest BCUT2D eigenvalue weighted by Crippen LogP contribution is -2.49. The lowest BCUT2D eigenvalue weighted by molar-refractivity contribution is -0.148. The van der Waals surface area contributed by atoms with Crippen molar-refractivity contribution < 1.29 is 29.3 Å². The Balaban J connectivity index is 1.37. The van der Waals surface area contributed by atoms with Crippen molar-refractivity contribution in [3.05, 3.63) is 59.7 Å². The monoisotopic (exact) mass is 452 g/mol. The molecule has 8 heteroatoms. The number of aliphatic hydroxyl groups is 1. The molecule has 174 valence electrons. The predicted molar refractivity (Wildman–Crippen MR) is 121 cm³/mol. The van der Waals surface area contributed by atoms with Crippen molar-refractivity contribution in [2.24, 2.45) is 0 Å². The summed E-state index contributed by atoms with van der Waals surface area (Å²) in [4.78, 5) is 37.8. The second kappa shape index (κ2) is 8.86. The maximum atomic E-state index is 12.7. The number of rotatable bonds is 6. The van der Waals surface area contributed by atoms with Crippen molar-refractivity contribution in [3.63, 3.8) is 0 Å². The molecule has 2 aromatic carbocycles. The predicted octanol–water partition coefficient (Wildman–Crippen LogP) is 2.74. The topological polar surface area (TPSA) is 116 Å². The highest BCUT2D eigenvalue weighted by Gasteiger charge is 2.40. The van der Waals surface area contributed by atoms with Crippen LogP contribution in [0.15, 0.2) is 48.5 Å². The molecule has 2 aromatic rings. The first-order chi connectivity index (χ1) is 15.7. The Labute approximate surface area is 192 Å². The van der Waals surface area contributed by atoms with E-state index in [-0.39, 0.29) is 31.9 Å². The summed E-state index contributed by atoms with van der Waals surface area (Å²) in [5, 5.41) is 21.8. The zero-order valence-electron chi connectivity index (χ0n) is 18.7. The fraction of sp³-hybridized carbons (Fsp3) is 0.400. The number of alkyl carbamates (subject to hydrolysis) is 1. The number of aliphatic carboxylic acids is 1. The van der Waals surface area contributed by atoms with Gasteiger partial charge >= 0.3 is 12.1 Å². The van der Waals surface area contributed by atoms with E-state index in [2.05, 4.69) is 17.4 Å². The number of carboxylic acids is 1. The van der Waals surface area contributed by atoms with Crippen LogP contribution in [0.2, 0.25) is 0 Å². The maximum Gasteiger partial charge on any atom is 0.407 e. The molecule has 1 aliphatic heterocycles. The van der Waals surface area contributed by atoms with Crippen molar-refractivity contribution in [2.75, 3.05) is 13.2 Å². The van der Waals surface area contributed by atoms with Gasteiger partial charge in [-0.25, -0.2) is 9.59 Å². The summed E-state index contributed by atoms with van der Waals surface area (Å²) in [5.74, 6) is -1.67. The van der Waals surface area contributed by atoms with Gasteiger partial charge in [-0.2, -0.15) is 0 Å². The fourth-order valence-corrected chi connectivity index (χ4v) is 4.76. The van der Waals surface area contributed by atoms with Gasteiger partial charge in [0.05, 0.1) is 6.10 Å². The Morgan fingerprint density at radius 3 is 2.21 bits per heavy atom. The van der Waals surface area contributed by atoms with Crippen LogP contribution in [0.25, 0.3) is 11.1 Å². The Bertz CT molecular complexity index is 1040. The molecule has 0 bridgehead atoms. The minimum atomic E-state index is -1.15. The van der Waals surface area contributed by atoms with Gasteiger partial charge in [0.2, 0.25) is 5.91 Å². The lowest BCUT2D eigenvalue weighted by Gasteiger charge is -2.29. The van der Waals surface area contributed by atoms with E-state index in [9.17, 15) is 24.6 Å². The number of carbonyl (C=O) groups is 3. The van der Waals surface area contributed by atoms with Gasteiger partial charge in [0.25, 0.3) is 0 Å². The molecule has 2 amide bonds. The molecule has 0 aromatic heterocycles. The normalized spacial score (nSPS) is 19.7. The molecule has 3 N–H and O–H groups in total. The van der Waals surface area contributed by atoms with Crippen LogP contribution in [0.5, 0.6) is 0 Å². The van der Waals surface area contributed by atoms with E-state index in [0.717, 1.165) is 27.2 Å². The van der Waals surface area contributed by atoms with Crippen LogP contribution in [-0.4, -0.2) is 63.9 Å². The van der Waals surface area contributed by atoms with Crippen molar-refractivity contribution in [1.29, 1.82) is 0 Å². The summed E-state index contributed by atoms with van der Waals surface area (Å²) in [6.07, 6.45) is -1.63. The Hall–Kier alpha value is -3.39.